The van der Waals surface area contributed by atoms with Gasteiger partial charge in [-0.05, 0) is 80.4 Å². The van der Waals surface area contributed by atoms with E-state index in [9.17, 15) is 9.59 Å². The van der Waals surface area contributed by atoms with Crippen molar-refractivity contribution in [2.24, 2.45) is 0 Å². The Kier molecular flexibility index (Phi) is 6.35. The fourth-order valence-electron chi connectivity index (χ4n) is 3.17. The molecule has 1 amide bonds. The van der Waals surface area contributed by atoms with E-state index in [2.05, 4.69) is 5.32 Å². The lowest BCUT2D eigenvalue weighted by Crippen LogP contribution is -2.21. The molecule has 3 rings (SSSR count). The van der Waals surface area contributed by atoms with Crippen molar-refractivity contribution in [3.63, 3.8) is 0 Å². The molecular formula is C24H22ClNO3. The molecular weight excluding hydrogens is 386 g/mol. The van der Waals surface area contributed by atoms with E-state index in [1.54, 1.807) is 48.5 Å². The number of hydrogen-bond acceptors (Lipinski definition) is 3. The number of halogens is 1. The molecule has 148 valence electrons. The van der Waals surface area contributed by atoms with Crippen LogP contribution in [0.3, 0.4) is 0 Å². The van der Waals surface area contributed by atoms with Gasteiger partial charge in [0.25, 0.3) is 5.91 Å². The van der Waals surface area contributed by atoms with Crippen LogP contribution in [-0.4, -0.2) is 18.3 Å². The maximum absolute atomic E-state index is 12.5. The van der Waals surface area contributed by atoms with Crippen LogP contribution >= 0.6 is 11.6 Å². The van der Waals surface area contributed by atoms with Crippen molar-refractivity contribution < 1.29 is 14.3 Å². The first kappa shape index (κ1) is 20.6. The van der Waals surface area contributed by atoms with Crippen LogP contribution in [0.25, 0.3) is 0 Å². The van der Waals surface area contributed by atoms with Crippen LogP contribution in [0.4, 0.5) is 5.69 Å². The van der Waals surface area contributed by atoms with Crippen molar-refractivity contribution in [3.8, 4) is 5.75 Å². The second-order valence-electron chi connectivity index (χ2n) is 6.97. The fourth-order valence-corrected chi connectivity index (χ4v) is 3.30. The normalized spacial score (nSPS) is 10.5. The van der Waals surface area contributed by atoms with Gasteiger partial charge in [-0.1, -0.05) is 29.3 Å². The standard InChI is InChI=1S/C24H22ClNO3/c1-15-12-16(2)23(17(3)13-15)26-22(27)14-29-21-10-6-19(7-11-21)24(28)18-4-8-20(25)9-5-18/h4-13H,14H2,1-3H3,(H,26,27). The number of nitrogens with one attached hydrogen (secondary N) is 1. The quantitative estimate of drug-likeness (QED) is 0.548. The summed E-state index contributed by atoms with van der Waals surface area (Å²) in [6.45, 7) is 5.84. The molecule has 29 heavy (non-hydrogen) atoms. The highest BCUT2D eigenvalue weighted by molar-refractivity contribution is 6.30. The number of ketones is 1. The maximum Gasteiger partial charge on any atom is 0.262 e. The second-order valence-corrected chi connectivity index (χ2v) is 7.41. The molecule has 0 saturated heterocycles. The van der Waals surface area contributed by atoms with Crippen molar-refractivity contribution in [3.05, 3.63) is 93.5 Å². The van der Waals surface area contributed by atoms with Crippen LogP contribution in [-0.2, 0) is 4.79 Å². The molecule has 0 atom stereocenters. The Morgan fingerprint density at radius 1 is 0.862 bits per heavy atom. The average molecular weight is 408 g/mol. The molecule has 3 aromatic rings. The van der Waals surface area contributed by atoms with E-state index in [1.165, 1.54) is 0 Å². The lowest BCUT2D eigenvalue weighted by molar-refractivity contribution is -0.118. The monoisotopic (exact) mass is 407 g/mol. The summed E-state index contributed by atoms with van der Waals surface area (Å²) in [5, 5.41) is 3.49. The topological polar surface area (TPSA) is 55.4 Å². The zero-order valence-corrected chi connectivity index (χ0v) is 17.3. The van der Waals surface area contributed by atoms with Gasteiger partial charge in [0, 0.05) is 21.8 Å². The van der Waals surface area contributed by atoms with Crippen LogP contribution in [0.5, 0.6) is 5.75 Å². The first-order valence-electron chi connectivity index (χ1n) is 9.24. The molecule has 0 spiro atoms. The number of amides is 1. The first-order chi connectivity index (χ1) is 13.8. The van der Waals surface area contributed by atoms with Gasteiger partial charge in [0.2, 0.25) is 0 Å². The van der Waals surface area contributed by atoms with Gasteiger partial charge < -0.3 is 10.1 Å². The number of carbonyl (C=O) groups is 2. The van der Waals surface area contributed by atoms with Gasteiger partial charge >= 0.3 is 0 Å². The molecule has 0 saturated carbocycles. The van der Waals surface area contributed by atoms with Gasteiger partial charge in [0.1, 0.15) is 5.75 Å². The molecule has 0 bridgehead atoms. The molecule has 0 fully saturated rings. The molecule has 5 heteroatoms. The Bertz CT molecular complexity index is 1020. The summed E-state index contributed by atoms with van der Waals surface area (Å²) >= 11 is 5.86. The van der Waals surface area contributed by atoms with Gasteiger partial charge in [0.15, 0.2) is 12.4 Å². The number of anilines is 1. The minimum absolute atomic E-state index is 0.101. The molecule has 1 N–H and O–H groups in total. The molecule has 0 aliphatic carbocycles. The van der Waals surface area contributed by atoms with Crippen molar-refractivity contribution in [1.29, 1.82) is 0 Å². The number of hydrogen-bond donors (Lipinski definition) is 1. The highest BCUT2D eigenvalue weighted by atomic mass is 35.5. The lowest BCUT2D eigenvalue weighted by atomic mass is 10.0. The number of rotatable bonds is 6. The van der Waals surface area contributed by atoms with Crippen molar-refractivity contribution in [1.82, 2.24) is 0 Å². The number of carbonyl (C=O) groups excluding carboxylic acids is 2. The molecule has 0 aliphatic heterocycles. The SMILES string of the molecule is Cc1cc(C)c(NC(=O)COc2ccc(C(=O)c3ccc(Cl)cc3)cc2)c(C)c1. The van der Waals surface area contributed by atoms with Crippen molar-refractivity contribution in [2.75, 3.05) is 11.9 Å². The third kappa shape index (κ3) is 5.24. The number of aryl methyl sites for hydroxylation is 3. The number of ether oxygens (including phenoxy) is 1. The van der Waals surface area contributed by atoms with E-state index >= 15 is 0 Å². The van der Waals surface area contributed by atoms with E-state index in [0.717, 1.165) is 22.4 Å². The van der Waals surface area contributed by atoms with Crippen LogP contribution in [0.2, 0.25) is 5.02 Å². The predicted molar refractivity (Wildman–Crippen MR) is 116 cm³/mol. The lowest BCUT2D eigenvalue weighted by Gasteiger charge is -2.13. The van der Waals surface area contributed by atoms with E-state index in [4.69, 9.17) is 16.3 Å². The smallest absolute Gasteiger partial charge is 0.262 e. The van der Waals surface area contributed by atoms with Gasteiger partial charge in [-0.3, -0.25) is 9.59 Å². The summed E-state index contributed by atoms with van der Waals surface area (Å²) in [7, 11) is 0. The minimum Gasteiger partial charge on any atom is -0.484 e. The molecule has 0 heterocycles. The summed E-state index contributed by atoms with van der Waals surface area (Å²) in [5.74, 6) is 0.183. The van der Waals surface area contributed by atoms with E-state index in [1.807, 2.05) is 32.9 Å². The van der Waals surface area contributed by atoms with E-state index in [0.29, 0.717) is 21.9 Å². The minimum atomic E-state index is -0.235. The Morgan fingerprint density at radius 2 is 1.38 bits per heavy atom. The van der Waals surface area contributed by atoms with Crippen LogP contribution in [0.1, 0.15) is 32.6 Å². The largest absolute Gasteiger partial charge is 0.484 e. The summed E-state index contributed by atoms with van der Waals surface area (Å²) in [6, 6.07) is 17.5. The van der Waals surface area contributed by atoms with Gasteiger partial charge in [-0.25, -0.2) is 0 Å². The van der Waals surface area contributed by atoms with Crippen molar-refractivity contribution in [2.45, 2.75) is 20.8 Å². The van der Waals surface area contributed by atoms with E-state index in [-0.39, 0.29) is 18.3 Å². The van der Waals surface area contributed by atoms with Gasteiger partial charge in [0.05, 0.1) is 0 Å². The highest BCUT2D eigenvalue weighted by Crippen LogP contribution is 2.22. The molecule has 0 unspecified atom stereocenters. The zero-order valence-electron chi connectivity index (χ0n) is 16.6. The van der Waals surface area contributed by atoms with Gasteiger partial charge in [-0.2, -0.15) is 0 Å². The van der Waals surface area contributed by atoms with Gasteiger partial charge in [-0.15, -0.1) is 0 Å². The first-order valence-corrected chi connectivity index (χ1v) is 9.62. The third-order valence-corrected chi connectivity index (χ3v) is 4.79. The van der Waals surface area contributed by atoms with Crippen LogP contribution in [0.15, 0.2) is 60.7 Å². The Balaban J connectivity index is 1.59. The zero-order chi connectivity index (χ0) is 21.0. The Hall–Kier alpha value is -3.11. The Labute approximate surface area is 175 Å². The average Bonchev–Trinajstić information content (AvgIpc) is 2.69. The summed E-state index contributed by atoms with van der Waals surface area (Å²) in [5.41, 5.74) is 5.10. The Morgan fingerprint density at radius 3 is 1.93 bits per heavy atom. The number of benzene rings is 3. The van der Waals surface area contributed by atoms with Crippen LogP contribution in [0, 0.1) is 20.8 Å². The molecule has 4 nitrogen and oxygen atoms in total. The predicted octanol–water partition coefficient (Wildman–Crippen LogP) is 5.51. The van der Waals surface area contributed by atoms with Crippen molar-refractivity contribution >= 4 is 29.0 Å². The third-order valence-electron chi connectivity index (χ3n) is 4.53. The molecule has 0 radical (unpaired) electrons. The van der Waals surface area contributed by atoms with E-state index < -0.39 is 0 Å². The molecule has 0 aromatic heterocycles. The maximum atomic E-state index is 12.5. The summed E-state index contributed by atoms with van der Waals surface area (Å²) in [6.07, 6.45) is 0. The van der Waals surface area contributed by atoms with Crippen LogP contribution < -0.4 is 10.1 Å². The summed E-state index contributed by atoms with van der Waals surface area (Å²) < 4.78 is 5.56. The molecule has 0 aliphatic rings. The molecule has 3 aromatic carbocycles. The highest BCUT2D eigenvalue weighted by Gasteiger charge is 2.11. The summed E-state index contributed by atoms with van der Waals surface area (Å²) in [4.78, 5) is 24.7. The second kappa shape index (κ2) is 8.93. The fraction of sp³-hybridized carbons (Fsp3) is 0.167.